The van der Waals surface area contributed by atoms with E-state index in [0.717, 1.165) is 23.4 Å². The van der Waals surface area contributed by atoms with E-state index in [1.54, 1.807) is 16.7 Å². The Balaban J connectivity index is 1.49. The summed E-state index contributed by atoms with van der Waals surface area (Å²) in [5.41, 5.74) is 0.689. The molecule has 1 aliphatic rings. The molecule has 0 saturated heterocycles. The molecule has 1 N–H and O–H groups in total. The lowest BCUT2D eigenvalue weighted by atomic mass is 10.2. The fourth-order valence-corrected chi connectivity index (χ4v) is 3.59. The predicted molar refractivity (Wildman–Crippen MR) is 107 cm³/mol. The topological polar surface area (TPSA) is 78.3 Å². The molecule has 1 aromatic heterocycles. The Labute approximate surface area is 174 Å². The van der Waals surface area contributed by atoms with E-state index in [-0.39, 0.29) is 18.2 Å². The van der Waals surface area contributed by atoms with E-state index in [9.17, 15) is 13.6 Å². The minimum absolute atomic E-state index is 0.0345. The summed E-state index contributed by atoms with van der Waals surface area (Å²) in [6.45, 7) is 4.35. The van der Waals surface area contributed by atoms with Crippen LogP contribution >= 0.6 is 11.8 Å². The van der Waals surface area contributed by atoms with Gasteiger partial charge >= 0.3 is 0 Å². The van der Waals surface area contributed by atoms with Crippen molar-refractivity contribution in [2.24, 2.45) is 0 Å². The van der Waals surface area contributed by atoms with Crippen molar-refractivity contribution in [3.8, 4) is 22.9 Å². The fraction of sp³-hybridized carbons (Fsp3) is 0.150. The minimum Gasteiger partial charge on any atom is -0.454 e. The van der Waals surface area contributed by atoms with E-state index in [1.165, 1.54) is 6.07 Å². The molecule has 0 radical (unpaired) electrons. The number of hydrogen-bond donors (Lipinski definition) is 1. The average molecular weight is 430 g/mol. The van der Waals surface area contributed by atoms with Gasteiger partial charge in [-0.25, -0.2) is 8.78 Å². The lowest BCUT2D eigenvalue weighted by Crippen LogP contribution is -2.15. The van der Waals surface area contributed by atoms with Gasteiger partial charge in [-0.15, -0.1) is 16.8 Å². The van der Waals surface area contributed by atoms with Crippen LogP contribution in [0.3, 0.4) is 0 Å². The Hall–Kier alpha value is -3.40. The van der Waals surface area contributed by atoms with Gasteiger partial charge in [-0.2, -0.15) is 0 Å². The zero-order chi connectivity index (χ0) is 21.1. The van der Waals surface area contributed by atoms with E-state index in [2.05, 4.69) is 22.1 Å². The molecule has 0 bridgehead atoms. The highest BCUT2D eigenvalue weighted by molar-refractivity contribution is 7.99. The Bertz CT molecular complexity index is 1120. The predicted octanol–water partition coefficient (Wildman–Crippen LogP) is 3.87. The Morgan fingerprint density at radius 1 is 1.20 bits per heavy atom. The van der Waals surface area contributed by atoms with Crippen LogP contribution < -0.4 is 14.8 Å². The third kappa shape index (κ3) is 4.13. The largest absolute Gasteiger partial charge is 0.454 e. The average Bonchev–Trinajstić information content (AvgIpc) is 3.35. The van der Waals surface area contributed by atoms with Crippen LogP contribution in [0.5, 0.6) is 11.5 Å². The maximum atomic E-state index is 13.7. The van der Waals surface area contributed by atoms with Crippen LogP contribution in [0.2, 0.25) is 0 Å². The number of fused-ring (bicyclic) bond motifs is 1. The summed E-state index contributed by atoms with van der Waals surface area (Å²) in [6, 6.07) is 8.40. The van der Waals surface area contributed by atoms with Crippen molar-refractivity contribution in [1.29, 1.82) is 0 Å². The Kier molecular flexibility index (Phi) is 5.66. The summed E-state index contributed by atoms with van der Waals surface area (Å²) in [4.78, 5) is 12.2. The third-order valence-corrected chi connectivity index (χ3v) is 5.16. The number of anilines is 1. The highest BCUT2D eigenvalue weighted by atomic mass is 32.2. The molecule has 30 heavy (non-hydrogen) atoms. The quantitative estimate of drug-likeness (QED) is 0.453. The maximum Gasteiger partial charge on any atom is 0.234 e. The number of hydrogen-bond acceptors (Lipinski definition) is 6. The zero-order valence-corrected chi connectivity index (χ0v) is 16.4. The molecule has 4 rings (SSSR count). The second kappa shape index (κ2) is 8.54. The summed E-state index contributed by atoms with van der Waals surface area (Å²) in [7, 11) is 0. The van der Waals surface area contributed by atoms with Crippen molar-refractivity contribution in [1.82, 2.24) is 14.8 Å². The van der Waals surface area contributed by atoms with Crippen LogP contribution in [-0.4, -0.2) is 33.2 Å². The van der Waals surface area contributed by atoms with Crippen molar-refractivity contribution in [2.45, 2.75) is 11.7 Å². The smallest absolute Gasteiger partial charge is 0.234 e. The SMILES string of the molecule is C=CCn1c(SCC(=O)Nc2ccc(F)cc2F)nnc1-c1ccc2c(c1)OCO2. The van der Waals surface area contributed by atoms with Gasteiger partial charge in [0.1, 0.15) is 11.6 Å². The van der Waals surface area contributed by atoms with Gasteiger partial charge in [0.25, 0.3) is 0 Å². The summed E-state index contributed by atoms with van der Waals surface area (Å²) in [5.74, 6) is -0.179. The van der Waals surface area contributed by atoms with Crippen molar-refractivity contribution in [3.63, 3.8) is 0 Å². The first kappa shape index (κ1) is 19.9. The molecule has 2 aromatic carbocycles. The molecule has 0 aliphatic carbocycles. The summed E-state index contributed by atoms with van der Waals surface area (Å²) in [6.07, 6.45) is 1.69. The number of ether oxygens (including phenoxy) is 2. The molecule has 0 unspecified atom stereocenters. The first-order valence-electron chi connectivity index (χ1n) is 8.87. The molecule has 1 amide bonds. The van der Waals surface area contributed by atoms with Gasteiger partial charge in [-0.3, -0.25) is 9.36 Å². The van der Waals surface area contributed by atoms with Crippen molar-refractivity contribution in [2.75, 3.05) is 17.9 Å². The van der Waals surface area contributed by atoms with Crippen LogP contribution in [0.4, 0.5) is 14.5 Å². The maximum absolute atomic E-state index is 13.7. The van der Waals surface area contributed by atoms with E-state index < -0.39 is 17.5 Å². The van der Waals surface area contributed by atoms with E-state index in [0.29, 0.717) is 35.1 Å². The van der Waals surface area contributed by atoms with Crippen LogP contribution in [0.1, 0.15) is 0 Å². The summed E-state index contributed by atoms with van der Waals surface area (Å²) < 4.78 is 39.2. The lowest BCUT2D eigenvalue weighted by Gasteiger charge is -2.09. The van der Waals surface area contributed by atoms with E-state index in [1.807, 2.05) is 12.1 Å². The molecular formula is C20H16F2N4O3S. The minimum atomic E-state index is -0.840. The molecule has 0 saturated carbocycles. The molecule has 2 heterocycles. The molecule has 1 aliphatic heterocycles. The van der Waals surface area contributed by atoms with Crippen LogP contribution in [0.25, 0.3) is 11.4 Å². The van der Waals surface area contributed by atoms with Gasteiger partial charge in [0.15, 0.2) is 22.5 Å². The Morgan fingerprint density at radius 3 is 2.83 bits per heavy atom. The number of rotatable bonds is 7. The molecule has 10 heteroatoms. The molecule has 0 spiro atoms. The highest BCUT2D eigenvalue weighted by Gasteiger charge is 2.19. The van der Waals surface area contributed by atoms with Crippen molar-refractivity contribution < 1.29 is 23.0 Å². The molecular weight excluding hydrogens is 414 g/mol. The molecule has 3 aromatic rings. The molecule has 0 fully saturated rings. The number of nitrogens with one attached hydrogen (secondary N) is 1. The third-order valence-electron chi connectivity index (χ3n) is 4.20. The van der Waals surface area contributed by atoms with Crippen LogP contribution in [0, 0.1) is 11.6 Å². The normalized spacial score (nSPS) is 12.1. The number of carbonyl (C=O) groups excluding carboxylic acids is 1. The zero-order valence-electron chi connectivity index (χ0n) is 15.6. The molecule has 7 nitrogen and oxygen atoms in total. The van der Waals surface area contributed by atoms with Gasteiger partial charge < -0.3 is 14.8 Å². The summed E-state index contributed by atoms with van der Waals surface area (Å²) >= 11 is 1.14. The van der Waals surface area contributed by atoms with E-state index in [4.69, 9.17) is 9.47 Å². The van der Waals surface area contributed by atoms with Crippen LogP contribution in [-0.2, 0) is 11.3 Å². The number of nitrogens with zero attached hydrogens (tertiary/aromatic N) is 3. The first-order valence-corrected chi connectivity index (χ1v) is 9.85. The van der Waals surface area contributed by atoms with Crippen LogP contribution in [0.15, 0.2) is 54.2 Å². The number of amides is 1. The number of aromatic nitrogens is 3. The number of halogens is 2. The lowest BCUT2D eigenvalue weighted by molar-refractivity contribution is -0.113. The van der Waals surface area contributed by atoms with Gasteiger partial charge in [-0.05, 0) is 30.3 Å². The highest BCUT2D eigenvalue weighted by Crippen LogP contribution is 2.36. The van der Waals surface area contributed by atoms with Crippen molar-refractivity contribution in [3.05, 3.63) is 60.7 Å². The second-order valence-electron chi connectivity index (χ2n) is 6.23. The molecule has 0 atom stereocenters. The number of carbonyl (C=O) groups is 1. The fourth-order valence-electron chi connectivity index (χ4n) is 2.85. The summed E-state index contributed by atoms with van der Waals surface area (Å²) in [5, 5.41) is 11.3. The van der Waals surface area contributed by atoms with Gasteiger partial charge in [0.2, 0.25) is 12.7 Å². The standard InChI is InChI=1S/C20H16F2N4O3S/c1-2-7-26-19(12-3-6-16-17(8-12)29-11-28-16)24-25-20(26)30-10-18(27)23-15-5-4-13(21)9-14(15)22/h2-6,8-9H,1,7,10-11H2,(H,23,27). The Morgan fingerprint density at radius 2 is 2.03 bits per heavy atom. The van der Waals surface area contributed by atoms with Gasteiger partial charge in [0.05, 0.1) is 11.4 Å². The van der Waals surface area contributed by atoms with Gasteiger partial charge in [-0.1, -0.05) is 17.8 Å². The van der Waals surface area contributed by atoms with Crippen molar-refractivity contribution >= 4 is 23.4 Å². The monoisotopic (exact) mass is 430 g/mol. The molecule has 154 valence electrons. The second-order valence-corrected chi connectivity index (χ2v) is 7.18. The van der Waals surface area contributed by atoms with E-state index >= 15 is 0 Å². The first-order chi connectivity index (χ1) is 14.5. The van der Waals surface area contributed by atoms with Gasteiger partial charge in [0, 0.05) is 18.2 Å². The number of allylic oxidation sites excluding steroid dienone is 1. The number of benzene rings is 2. The number of thioether (sulfide) groups is 1.